The van der Waals surface area contributed by atoms with Crippen LogP contribution >= 0.6 is 0 Å². The second kappa shape index (κ2) is 9.74. The van der Waals surface area contributed by atoms with Gasteiger partial charge in [-0.1, -0.05) is 18.2 Å². The van der Waals surface area contributed by atoms with Gasteiger partial charge in [0.15, 0.2) is 0 Å². The molecule has 3 heteroatoms. The van der Waals surface area contributed by atoms with Gasteiger partial charge in [0.1, 0.15) is 0 Å². The van der Waals surface area contributed by atoms with E-state index < -0.39 is 0 Å². The molecule has 43 heavy (non-hydrogen) atoms. The molecule has 0 aliphatic heterocycles. The summed E-state index contributed by atoms with van der Waals surface area (Å²) in [6, 6.07) is 57.7. The van der Waals surface area contributed by atoms with Crippen molar-refractivity contribution in [3.05, 3.63) is 158 Å². The van der Waals surface area contributed by atoms with Crippen LogP contribution in [-0.2, 0) is 0 Å². The van der Waals surface area contributed by atoms with Crippen molar-refractivity contribution in [3.63, 3.8) is 0 Å². The molecule has 0 atom stereocenters. The zero-order chi connectivity index (χ0) is 28.3. The molecule has 0 N–H and O–H groups in total. The first-order chi connectivity index (χ1) is 21.3. The van der Waals surface area contributed by atoms with Gasteiger partial charge >= 0.3 is 238 Å². The third kappa shape index (κ3) is 3.87. The smallest absolute Gasteiger partial charge is 0.0602 e. The Morgan fingerprint density at radius 1 is 0.419 bits per heavy atom. The van der Waals surface area contributed by atoms with Gasteiger partial charge in [0.05, 0.1) is 0 Å². The number of para-hydroxylation sites is 2. The Bertz CT molecular complexity index is 2460. The average molecular weight is 614 g/mol. The molecule has 0 bridgehead atoms. The molecular formula is C40H26N2Se. The van der Waals surface area contributed by atoms with Crippen LogP contribution in [0.5, 0.6) is 0 Å². The molecular weight excluding hydrogens is 587 g/mol. The van der Waals surface area contributed by atoms with Crippen LogP contribution in [0.4, 0.5) is 17.1 Å². The molecule has 0 radical (unpaired) electrons. The fourth-order valence-corrected chi connectivity index (χ4v) is 8.92. The molecule has 2 aromatic heterocycles. The van der Waals surface area contributed by atoms with Crippen LogP contribution in [0.1, 0.15) is 0 Å². The SMILES string of the molecule is c1ccc(-n2c3ccccc3c3cc(N(c4ccc5[se]c6ccccc6c5c4)c4cccc5ccccc45)ccc32)cc1. The Hall–Kier alpha value is -5.08. The van der Waals surface area contributed by atoms with E-state index in [9.17, 15) is 0 Å². The van der Waals surface area contributed by atoms with Crippen molar-refractivity contribution in [2.75, 3.05) is 4.90 Å². The molecule has 0 fully saturated rings. The first-order valence-electron chi connectivity index (χ1n) is 14.6. The normalized spacial score (nSPS) is 11.7. The topological polar surface area (TPSA) is 8.17 Å². The van der Waals surface area contributed by atoms with E-state index in [-0.39, 0.29) is 0 Å². The van der Waals surface area contributed by atoms with Gasteiger partial charge in [-0.3, -0.25) is 0 Å². The molecule has 2 heterocycles. The summed E-state index contributed by atoms with van der Waals surface area (Å²) in [5.74, 6) is 0. The Morgan fingerprint density at radius 3 is 1.93 bits per heavy atom. The number of hydrogen-bond donors (Lipinski definition) is 0. The van der Waals surface area contributed by atoms with E-state index in [1.807, 2.05) is 0 Å². The third-order valence-corrected chi connectivity index (χ3v) is 11.0. The molecule has 0 saturated heterocycles. The standard InChI is InChI=1S/C40H26N2Se/c1-2-13-28(14-3-1)42-37-18-8-6-16-32(37)34-25-29(21-23-38(34)42)41(36-19-10-12-27-11-4-5-15-31(27)36)30-22-24-40-35(26-30)33-17-7-9-20-39(33)43-40/h1-26H. The molecule has 0 amide bonds. The maximum absolute atomic E-state index is 2.45. The van der Waals surface area contributed by atoms with Crippen molar-refractivity contribution in [3.8, 4) is 5.69 Å². The summed E-state index contributed by atoms with van der Waals surface area (Å²) in [5, 5.41) is 7.71. The summed E-state index contributed by atoms with van der Waals surface area (Å²) in [5.41, 5.74) is 7.10. The molecule has 9 aromatic rings. The van der Waals surface area contributed by atoms with Crippen LogP contribution in [0.2, 0.25) is 0 Å². The molecule has 9 rings (SSSR count). The van der Waals surface area contributed by atoms with Crippen molar-refractivity contribution in [2.45, 2.75) is 0 Å². The van der Waals surface area contributed by atoms with Crippen molar-refractivity contribution in [1.82, 2.24) is 4.57 Å². The molecule has 7 aromatic carbocycles. The van der Waals surface area contributed by atoms with Gasteiger partial charge in [-0.05, 0) is 0 Å². The van der Waals surface area contributed by atoms with E-state index >= 15 is 0 Å². The predicted octanol–water partition coefficient (Wildman–Crippen LogP) is 10.8. The van der Waals surface area contributed by atoms with Crippen LogP contribution in [-0.4, -0.2) is 19.1 Å². The Labute approximate surface area is 255 Å². The first-order valence-corrected chi connectivity index (χ1v) is 16.3. The van der Waals surface area contributed by atoms with E-state index in [4.69, 9.17) is 0 Å². The molecule has 2 nitrogen and oxygen atoms in total. The third-order valence-electron chi connectivity index (χ3n) is 8.55. The molecule has 0 unspecified atom stereocenters. The van der Waals surface area contributed by atoms with Crippen molar-refractivity contribution < 1.29 is 0 Å². The van der Waals surface area contributed by atoms with Crippen LogP contribution in [0.3, 0.4) is 0 Å². The van der Waals surface area contributed by atoms with Crippen molar-refractivity contribution >= 4 is 83.4 Å². The quantitative estimate of drug-likeness (QED) is 0.179. The minimum absolute atomic E-state index is 0.340. The number of aromatic nitrogens is 1. The van der Waals surface area contributed by atoms with E-state index in [0.717, 1.165) is 5.69 Å². The Kier molecular flexibility index (Phi) is 5.55. The van der Waals surface area contributed by atoms with Gasteiger partial charge in [-0.2, -0.15) is 0 Å². The summed E-state index contributed by atoms with van der Waals surface area (Å²) < 4.78 is 5.30. The van der Waals surface area contributed by atoms with Gasteiger partial charge in [0, 0.05) is 0 Å². The molecule has 0 saturated carbocycles. The van der Waals surface area contributed by atoms with Gasteiger partial charge < -0.3 is 0 Å². The predicted molar refractivity (Wildman–Crippen MR) is 185 cm³/mol. The summed E-state index contributed by atoms with van der Waals surface area (Å²) in [6.07, 6.45) is 0. The number of fused-ring (bicyclic) bond motifs is 7. The second-order valence-electron chi connectivity index (χ2n) is 11.0. The number of nitrogens with zero attached hydrogens (tertiary/aromatic N) is 2. The summed E-state index contributed by atoms with van der Waals surface area (Å²) in [7, 11) is 0. The zero-order valence-corrected chi connectivity index (χ0v) is 25.0. The second-order valence-corrected chi connectivity index (χ2v) is 13.3. The fourth-order valence-electron chi connectivity index (χ4n) is 6.64. The van der Waals surface area contributed by atoms with Crippen molar-refractivity contribution in [1.29, 1.82) is 0 Å². The van der Waals surface area contributed by atoms with E-state index in [0.29, 0.717) is 14.5 Å². The van der Waals surface area contributed by atoms with Crippen molar-refractivity contribution in [2.24, 2.45) is 0 Å². The molecule has 0 aliphatic carbocycles. The first kappa shape index (κ1) is 24.5. The van der Waals surface area contributed by atoms with E-state index in [1.54, 1.807) is 0 Å². The number of anilines is 3. The summed E-state index contributed by atoms with van der Waals surface area (Å²) >= 11 is 0.340. The van der Waals surface area contributed by atoms with Crippen LogP contribution in [0, 0.1) is 0 Å². The summed E-state index contributed by atoms with van der Waals surface area (Å²) in [6.45, 7) is 0. The minimum Gasteiger partial charge on any atom is -0.0602 e. The Balaban J connectivity index is 1.34. The maximum atomic E-state index is 2.45. The van der Waals surface area contributed by atoms with Gasteiger partial charge in [-0.15, -0.1) is 0 Å². The minimum atomic E-state index is 0.340. The Morgan fingerprint density at radius 2 is 1.05 bits per heavy atom. The summed E-state index contributed by atoms with van der Waals surface area (Å²) in [4.78, 5) is 2.45. The monoisotopic (exact) mass is 614 g/mol. The number of hydrogen-bond acceptors (Lipinski definition) is 1. The van der Waals surface area contributed by atoms with Gasteiger partial charge in [0.25, 0.3) is 0 Å². The molecule has 0 aliphatic rings. The molecule has 202 valence electrons. The number of rotatable bonds is 4. The fraction of sp³-hybridized carbons (Fsp3) is 0. The number of benzene rings is 7. The van der Waals surface area contributed by atoms with Crippen LogP contribution < -0.4 is 4.90 Å². The van der Waals surface area contributed by atoms with Crippen LogP contribution in [0.25, 0.3) is 57.6 Å². The zero-order valence-electron chi connectivity index (χ0n) is 23.3. The average Bonchev–Trinajstić information content (AvgIpc) is 3.61. The van der Waals surface area contributed by atoms with Gasteiger partial charge in [0.2, 0.25) is 0 Å². The van der Waals surface area contributed by atoms with Crippen LogP contribution in [0.15, 0.2) is 158 Å². The van der Waals surface area contributed by atoms with E-state index in [1.165, 1.54) is 68.9 Å². The molecule has 0 spiro atoms. The van der Waals surface area contributed by atoms with Gasteiger partial charge in [-0.25, -0.2) is 0 Å². The van der Waals surface area contributed by atoms with E-state index in [2.05, 4.69) is 167 Å².